The van der Waals surface area contributed by atoms with Crippen LogP contribution in [0.5, 0.6) is 0 Å². The van der Waals surface area contributed by atoms with Gasteiger partial charge in [-0.15, -0.1) is 0 Å². The summed E-state index contributed by atoms with van der Waals surface area (Å²) in [5, 5.41) is 12.1. The Kier molecular flexibility index (Phi) is 8.50. The minimum absolute atomic E-state index is 0.613. The second-order valence-corrected chi connectivity index (χ2v) is 16.7. The molecule has 0 bridgehead atoms. The zero-order valence-electron chi connectivity index (χ0n) is 35.2. The Morgan fingerprint density at radius 2 is 0.785 bits per heavy atom. The van der Waals surface area contributed by atoms with Crippen molar-refractivity contribution in [2.24, 2.45) is 0 Å². The molecule has 4 heteroatoms. The van der Waals surface area contributed by atoms with Crippen LogP contribution < -0.4 is 0 Å². The SMILES string of the molecule is c1ccc(-c2ccccc2-c2nc(-c3ccc(-n4c5ccccc5c5ccccc54)cc3)nc(-c3ccc(-c4c5ccccc5cc5c4ccc4ccccc45)c4ccccc34)n2)cc1. The molecule has 4 nitrogen and oxygen atoms in total. The van der Waals surface area contributed by atoms with Crippen molar-refractivity contribution in [1.82, 2.24) is 19.5 Å². The van der Waals surface area contributed by atoms with Gasteiger partial charge in [-0.25, -0.2) is 15.0 Å². The predicted octanol–water partition coefficient (Wildman–Crippen LogP) is 15.9. The summed E-state index contributed by atoms with van der Waals surface area (Å²) >= 11 is 0. The van der Waals surface area contributed by atoms with Crippen molar-refractivity contribution in [3.63, 3.8) is 0 Å². The average molecular weight is 827 g/mol. The van der Waals surface area contributed by atoms with E-state index in [4.69, 9.17) is 15.0 Å². The molecule has 0 saturated heterocycles. The van der Waals surface area contributed by atoms with Crippen molar-refractivity contribution in [1.29, 1.82) is 0 Å². The molecule has 0 aliphatic carbocycles. The highest BCUT2D eigenvalue weighted by molar-refractivity contribution is 6.23. The molecular weight excluding hydrogens is 789 g/mol. The van der Waals surface area contributed by atoms with Crippen molar-refractivity contribution in [2.45, 2.75) is 0 Å². The van der Waals surface area contributed by atoms with Gasteiger partial charge in [0.15, 0.2) is 17.5 Å². The fourth-order valence-electron chi connectivity index (χ4n) is 10.1. The fourth-order valence-corrected chi connectivity index (χ4v) is 10.1. The predicted molar refractivity (Wildman–Crippen MR) is 271 cm³/mol. The van der Waals surface area contributed by atoms with Crippen LogP contribution in [-0.4, -0.2) is 19.5 Å². The van der Waals surface area contributed by atoms with E-state index in [-0.39, 0.29) is 0 Å². The highest BCUT2D eigenvalue weighted by atomic mass is 15.0. The van der Waals surface area contributed by atoms with Crippen LogP contribution in [-0.2, 0) is 0 Å². The molecule has 0 aliphatic rings. The van der Waals surface area contributed by atoms with Gasteiger partial charge in [0.25, 0.3) is 0 Å². The van der Waals surface area contributed by atoms with E-state index in [9.17, 15) is 0 Å². The van der Waals surface area contributed by atoms with Gasteiger partial charge < -0.3 is 4.57 Å². The number of fused-ring (bicyclic) bond motifs is 8. The van der Waals surface area contributed by atoms with Gasteiger partial charge in [0, 0.05) is 33.2 Å². The van der Waals surface area contributed by atoms with Crippen LogP contribution in [0.25, 0.3) is 127 Å². The van der Waals surface area contributed by atoms with Gasteiger partial charge >= 0.3 is 0 Å². The van der Waals surface area contributed by atoms with Gasteiger partial charge in [-0.1, -0.05) is 182 Å². The molecule has 2 aromatic heterocycles. The number of hydrogen-bond donors (Lipinski definition) is 0. The average Bonchev–Trinajstić information content (AvgIpc) is 3.72. The molecule has 0 amide bonds. The van der Waals surface area contributed by atoms with Crippen LogP contribution in [0.3, 0.4) is 0 Å². The molecule has 0 atom stereocenters. The highest BCUT2D eigenvalue weighted by Gasteiger charge is 2.21. The number of hydrogen-bond acceptors (Lipinski definition) is 3. The van der Waals surface area contributed by atoms with Gasteiger partial charge in [0.1, 0.15) is 0 Å². The molecule has 0 radical (unpaired) electrons. The summed E-state index contributed by atoms with van der Waals surface area (Å²) < 4.78 is 2.34. The van der Waals surface area contributed by atoms with Gasteiger partial charge in [-0.05, 0) is 114 Å². The van der Waals surface area contributed by atoms with Gasteiger partial charge in [-0.3, -0.25) is 0 Å². The normalized spacial score (nSPS) is 11.7. The summed E-state index contributed by atoms with van der Waals surface area (Å²) in [6, 6.07) is 82.3. The molecule has 13 aromatic rings. The molecule has 0 fully saturated rings. The summed E-state index contributed by atoms with van der Waals surface area (Å²) in [6.45, 7) is 0. The third kappa shape index (κ3) is 6.03. The first kappa shape index (κ1) is 36.9. The first-order valence-electron chi connectivity index (χ1n) is 22.1. The Morgan fingerprint density at radius 3 is 1.51 bits per heavy atom. The second-order valence-electron chi connectivity index (χ2n) is 16.7. The molecule has 11 aromatic carbocycles. The number of nitrogens with zero attached hydrogens (tertiary/aromatic N) is 4. The molecule has 302 valence electrons. The van der Waals surface area contributed by atoms with Crippen LogP contribution in [0.1, 0.15) is 0 Å². The number of aromatic nitrogens is 4. The van der Waals surface area contributed by atoms with Crippen molar-refractivity contribution < 1.29 is 0 Å². The maximum Gasteiger partial charge on any atom is 0.164 e. The topological polar surface area (TPSA) is 43.6 Å². The zero-order valence-corrected chi connectivity index (χ0v) is 35.2. The third-order valence-electron chi connectivity index (χ3n) is 13.1. The first-order valence-corrected chi connectivity index (χ1v) is 22.1. The van der Waals surface area contributed by atoms with Crippen molar-refractivity contribution in [2.75, 3.05) is 0 Å². The van der Waals surface area contributed by atoms with Gasteiger partial charge in [-0.2, -0.15) is 0 Å². The summed E-state index contributed by atoms with van der Waals surface area (Å²) in [5.74, 6) is 1.86. The van der Waals surface area contributed by atoms with Crippen LogP contribution in [0.15, 0.2) is 231 Å². The lowest BCUT2D eigenvalue weighted by Gasteiger charge is -2.17. The minimum atomic E-state index is 0.613. The van der Waals surface area contributed by atoms with E-state index < -0.39 is 0 Å². The number of rotatable bonds is 6. The van der Waals surface area contributed by atoms with Gasteiger partial charge in [0.05, 0.1) is 11.0 Å². The largest absolute Gasteiger partial charge is 0.309 e. The molecule has 65 heavy (non-hydrogen) atoms. The quantitative estimate of drug-likeness (QED) is 0.124. The van der Waals surface area contributed by atoms with E-state index in [1.54, 1.807) is 0 Å². The number of para-hydroxylation sites is 2. The van der Waals surface area contributed by atoms with Crippen molar-refractivity contribution >= 4 is 64.9 Å². The monoisotopic (exact) mass is 826 g/mol. The van der Waals surface area contributed by atoms with E-state index in [2.05, 4.69) is 229 Å². The van der Waals surface area contributed by atoms with E-state index in [0.29, 0.717) is 17.5 Å². The van der Waals surface area contributed by atoms with E-state index in [1.165, 1.54) is 65.3 Å². The van der Waals surface area contributed by atoms with Crippen LogP contribution >= 0.6 is 0 Å². The number of benzene rings is 11. The molecule has 0 spiro atoms. The van der Waals surface area contributed by atoms with Crippen LogP contribution in [0.4, 0.5) is 0 Å². The Labute approximate surface area is 375 Å². The maximum absolute atomic E-state index is 5.37. The molecule has 0 unspecified atom stereocenters. The summed E-state index contributed by atoms with van der Waals surface area (Å²) in [7, 11) is 0. The zero-order chi connectivity index (χ0) is 42.8. The maximum atomic E-state index is 5.37. The lowest BCUT2D eigenvalue weighted by Crippen LogP contribution is -2.02. The Morgan fingerprint density at radius 1 is 0.262 bits per heavy atom. The molecule has 2 heterocycles. The lowest BCUT2D eigenvalue weighted by molar-refractivity contribution is 1.08. The third-order valence-corrected chi connectivity index (χ3v) is 13.1. The Balaban J connectivity index is 1.02. The highest BCUT2D eigenvalue weighted by Crippen LogP contribution is 2.44. The van der Waals surface area contributed by atoms with Crippen molar-refractivity contribution in [3.8, 4) is 62.1 Å². The first-order chi connectivity index (χ1) is 32.2. The summed E-state index contributed by atoms with van der Waals surface area (Å²) in [4.78, 5) is 16.0. The van der Waals surface area contributed by atoms with E-state index >= 15 is 0 Å². The molecular formula is C61H38N4. The lowest BCUT2D eigenvalue weighted by atomic mass is 9.87. The molecule has 13 rings (SSSR count). The molecule has 0 aliphatic heterocycles. The van der Waals surface area contributed by atoms with Crippen LogP contribution in [0, 0.1) is 0 Å². The molecule has 0 N–H and O–H groups in total. The van der Waals surface area contributed by atoms with E-state index in [0.717, 1.165) is 44.3 Å². The van der Waals surface area contributed by atoms with E-state index in [1.807, 2.05) is 6.07 Å². The molecule has 0 saturated carbocycles. The standard InChI is InChI=1S/C61H38N4/c1-2-16-39(17-3-1)44-20-8-11-27-53(44)60-62-59(41-30-33-43(34-31-41)65-56-28-14-12-25-49(56)50-26-13-15-29-57(50)65)63-61(64-60)54-37-36-51(47-23-9-10-24-48(47)54)58-46-22-7-5-19-42(46)38-55-45-21-6-4-18-40(45)32-35-52(55)58/h1-38H. The van der Waals surface area contributed by atoms with Crippen LogP contribution in [0.2, 0.25) is 0 Å². The summed E-state index contributed by atoms with van der Waals surface area (Å²) in [6.07, 6.45) is 0. The summed E-state index contributed by atoms with van der Waals surface area (Å²) in [5.41, 5.74) is 10.8. The minimum Gasteiger partial charge on any atom is -0.309 e. The Bertz CT molecular complexity index is 3950. The van der Waals surface area contributed by atoms with Crippen molar-refractivity contribution in [3.05, 3.63) is 231 Å². The fraction of sp³-hybridized carbons (Fsp3) is 0. The smallest absolute Gasteiger partial charge is 0.164 e. The van der Waals surface area contributed by atoms with Gasteiger partial charge in [0.2, 0.25) is 0 Å². The Hall–Kier alpha value is -8.73. The second kappa shape index (κ2) is 15.0.